The second kappa shape index (κ2) is 2.62. The summed E-state index contributed by atoms with van der Waals surface area (Å²) >= 11 is 0. The Morgan fingerprint density at radius 3 is 2.40 bits per heavy atom. The van der Waals surface area contributed by atoms with Gasteiger partial charge in [-0.3, -0.25) is 5.32 Å². The van der Waals surface area contributed by atoms with Crippen LogP contribution in [0, 0.1) is 5.41 Å². The number of nitrogens with one attached hydrogen (secondary N) is 2. The van der Waals surface area contributed by atoms with Crippen molar-refractivity contribution in [1.82, 2.24) is 10.6 Å². The molecule has 1 rings (SSSR count). The lowest BCUT2D eigenvalue weighted by Gasteiger charge is -2.26. The van der Waals surface area contributed by atoms with Crippen LogP contribution in [-0.4, -0.2) is 13.2 Å². The Kier molecular flexibility index (Phi) is 2.00. The van der Waals surface area contributed by atoms with Gasteiger partial charge in [0.2, 0.25) is 0 Å². The molecule has 0 radical (unpaired) electrons. The smallest absolute Gasteiger partial charge is 0.0650 e. The molecule has 58 valence electrons. The SMILES string of the molecule is CC(C)(C)C1=CNCNC1. The van der Waals surface area contributed by atoms with E-state index in [2.05, 4.69) is 37.6 Å². The quantitative estimate of drug-likeness (QED) is 0.526. The fraction of sp³-hybridized carbons (Fsp3) is 0.750. The van der Waals surface area contributed by atoms with Gasteiger partial charge in [0.15, 0.2) is 0 Å². The van der Waals surface area contributed by atoms with Crippen LogP contribution in [0.5, 0.6) is 0 Å². The van der Waals surface area contributed by atoms with Gasteiger partial charge in [-0.2, -0.15) is 0 Å². The van der Waals surface area contributed by atoms with Crippen LogP contribution in [0.2, 0.25) is 0 Å². The average Bonchev–Trinajstić information content (AvgIpc) is 1.88. The molecule has 0 aromatic heterocycles. The highest BCUT2D eigenvalue weighted by molar-refractivity contribution is 5.13. The van der Waals surface area contributed by atoms with Gasteiger partial charge >= 0.3 is 0 Å². The number of hydrogen-bond acceptors (Lipinski definition) is 2. The molecule has 2 heteroatoms. The van der Waals surface area contributed by atoms with Crippen molar-refractivity contribution in [3.05, 3.63) is 11.8 Å². The first-order valence-electron chi connectivity index (χ1n) is 3.74. The summed E-state index contributed by atoms with van der Waals surface area (Å²) in [6, 6.07) is 0. The van der Waals surface area contributed by atoms with Crippen molar-refractivity contribution in [3.63, 3.8) is 0 Å². The molecule has 0 saturated carbocycles. The first-order chi connectivity index (χ1) is 4.61. The Hall–Kier alpha value is -0.500. The molecule has 0 fully saturated rings. The van der Waals surface area contributed by atoms with E-state index < -0.39 is 0 Å². The molecule has 0 spiro atoms. The van der Waals surface area contributed by atoms with Crippen LogP contribution < -0.4 is 10.6 Å². The maximum atomic E-state index is 3.26. The summed E-state index contributed by atoms with van der Waals surface area (Å²) < 4.78 is 0. The molecule has 0 bridgehead atoms. The molecule has 0 unspecified atom stereocenters. The van der Waals surface area contributed by atoms with Gasteiger partial charge in [-0.1, -0.05) is 20.8 Å². The molecule has 0 aromatic rings. The highest BCUT2D eigenvalue weighted by Gasteiger charge is 2.17. The molecule has 1 aliphatic rings. The van der Waals surface area contributed by atoms with E-state index in [0.29, 0.717) is 5.41 Å². The van der Waals surface area contributed by atoms with E-state index in [1.54, 1.807) is 0 Å². The van der Waals surface area contributed by atoms with Crippen LogP contribution in [0.15, 0.2) is 11.8 Å². The fourth-order valence-corrected chi connectivity index (χ4v) is 0.976. The van der Waals surface area contributed by atoms with Crippen molar-refractivity contribution >= 4 is 0 Å². The van der Waals surface area contributed by atoms with Crippen LogP contribution in [0.1, 0.15) is 20.8 Å². The van der Waals surface area contributed by atoms with E-state index in [-0.39, 0.29) is 0 Å². The summed E-state index contributed by atoms with van der Waals surface area (Å²) in [5, 5.41) is 6.43. The zero-order valence-corrected chi connectivity index (χ0v) is 6.99. The topological polar surface area (TPSA) is 24.1 Å². The van der Waals surface area contributed by atoms with E-state index in [0.717, 1.165) is 13.2 Å². The number of rotatable bonds is 0. The highest BCUT2D eigenvalue weighted by Crippen LogP contribution is 2.24. The molecule has 0 aliphatic carbocycles. The lowest BCUT2D eigenvalue weighted by atomic mass is 9.86. The molecule has 2 N–H and O–H groups in total. The molecule has 0 atom stereocenters. The monoisotopic (exact) mass is 140 g/mol. The van der Waals surface area contributed by atoms with E-state index in [9.17, 15) is 0 Å². The maximum Gasteiger partial charge on any atom is 0.0650 e. The van der Waals surface area contributed by atoms with Gasteiger partial charge in [0, 0.05) is 6.54 Å². The zero-order valence-electron chi connectivity index (χ0n) is 6.99. The van der Waals surface area contributed by atoms with Crippen LogP contribution in [0.3, 0.4) is 0 Å². The van der Waals surface area contributed by atoms with Gasteiger partial charge in [-0.15, -0.1) is 0 Å². The standard InChI is InChI=1S/C8H16N2/c1-8(2,3)7-4-9-6-10-5-7/h4,9-10H,5-6H2,1-3H3. The van der Waals surface area contributed by atoms with Gasteiger partial charge < -0.3 is 5.32 Å². The van der Waals surface area contributed by atoms with Crippen molar-refractivity contribution in [2.45, 2.75) is 20.8 Å². The minimum absolute atomic E-state index is 0.306. The van der Waals surface area contributed by atoms with Crippen LogP contribution >= 0.6 is 0 Å². The summed E-state index contributed by atoms with van der Waals surface area (Å²) in [4.78, 5) is 0. The lowest BCUT2D eigenvalue weighted by Crippen LogP contribution is -2.36. The Bertz CT molecular complexity index is 142. The molecule has 10 heavy (non-hydrogen) atoms. The van der Waals surface area contributed by atoms with E-state index in [1.165, 1.54) is 5.57 Å². The molecule has 0 amide bonds. The molecule has 1 aliphatic heterocycles. The summed E-state index contributed by atoms with van der Waals surface area (Å²) in [5.74, 6) is 0. The third-order valence-electron chi connectivity index (χ3n) is 1.78. The van der Waals surface area contributed by atoms with Gasteiger partial charge in [-0.25, -0.2) is 0 Å². The van der Waals surface area contributed by atoms with Gasteiger partial charge in [0.05, 0.1) is 6.67 Å². The van der Waals surface area contributed by atoms with Gasteiger partial charge in [-0.05, 0) is 17.2 Å². The van der Waals surface area contributed by atoms with E-state index in [1.807, 2.05) is 0 Å². The number of hydrogen-bond donors (Lipinski definition) is 2. The molecule has 1 heterocycles. The summed E-state index contributed by atoms with van der Waals surface area (Å²) in [5.41, 5.74) is 1.75. The van der Waals surface area contributed by atoms with Crippen molar-refractivity contribution < 1.29 is 0 Å². The summed E-state index contributed by atoms with van der Waals surface area (Å²) in [7, 11) is 0. The second-order valence-corrected chi connectivity index (χ2v) is 3.73. The molecule has 2 nitrogen and oxygen atoms in total. The largest absolute Gasteiger partial charge is 0.378 e. The third-order valence-corrected chi connectivity index (χ3v) is 1.78. The summed E-state index contributed by atoms with van der Waals surface area (Å²) in [6.07, 6.45) is 2.12. The van der Waals surface area contributed by atoms with Gasteiger partial charge in [0.25, 0.3) is 0 Å². The van der Waals surface area contributed by atoms with E-state index >= 15 is 0 Å². The van der Waals surface area contributed by atoms with Gasteiger partial charge in [0.1, 0.15) is 0 Å². The zero-order chi connectivity index (χ0) is 7.61. The fourth-order valence-electron chi connectivity index (χ4n) is 0.976. The third kappa shape index (κ3) is 1.74. The maximum absolute atomic E-state index is 3.26. The predicted molar refractivity (Wildman–Crippen MR) is 43.5 cm³/mol. The predicted octanol–water partition coefficient (Wildman–Crippen LogP) is 1.07. The molecular formula is C8H16N2. The van der Waals surface area contributed by atoms with Crippen LogP contribution in [0.4, 0.5) is 0 Å². The van der Waals surface area contributed by atoms with Crippen molar-refractivity contribution in [3.8, 4) is 0 Å². The Morgan fingerprint density at radius 2 is 2.10 bits per heavy atom. The highest BCUT2D eigenvalue weighted by atomic mass is 15.1. The normalized spacial score (nSPS) is 19.7. The second-order valence-electron chi connectivity index (χ2n) is 3.73. The van der Waals surface area contributed by atoms with Crippen molar-refractivity contribution in [2.24, 2.45) is 5.41 Å². The summed E-state index contributed by atoms with van der Waals surface area (Å²) in [6.45, 7) is 8.62. The average molecular weight is 140 g/mol. The Labute approximate surface area is 62.7 Å². The van der Waals surface area contributed by atoms with E-state index in [4.69, 9.17) is 0 Å². The minimum Gasteiger partial charge on any atom is -0.378 e. The Morgan fingerprint density at radius 1 is 1.40 bits per heavy atom. The van der Waals surface area contributed by atoms with Crippen LogP contribution in [0.25, 0.3) is 0 Å². The minimum atomic E-state index is 0.306. The molecule has 0 aromatic carbocycles. The molecule has 0 saturated heterocycles. The Balaban J connectivity index is 2.62. The van der Waals surface area contributed by atoms with Crippen molar-refractivity contribution in [2.75, 3.05) is 13.2 Å². The lowest BCUT2D eigenvalue weighted by molar-refractivity contribution is 0.457. The van der Waals surface area contributed by atoms with Crippen LogP contribution in [-0.2, 0) is 0 Å². The first kappa shape index (κ1) is 7.61. The molecular weight excluding hydrogens is 124 g/mol. The van der Waals surface area contributed by atoms with Crippen molar-refractivity contribution in [1.29, 1.82) is 0 Å². The first-order valence-corrected chi connectivity index (χ1v) is 3.74.